The van der Waals surface area contributed by atoms with E-state index in [1.807, 2.05) is 0 Å². The molecule has 0 saturated heterocycles. The maximum absolute atomic E-state index is 8.42. The summed E-state index contributed by atoms with van der Waals surface area (Å²) in [5, 5.41) is 50.5. The second kappa shape index (κ2) is 17.3. The third kappa shape index (κ3) is 176. The van der Waals surface area contributed by atoms with Gasteiger partial charge in [-0.25, -0.2) is 0 Å². The van der Waals surface area contributed by atoms with E-state index in [0.29, 0.717) is 0 Å². The Morgan fingerprint density at radius 1 is 0.600 bits per heavy atom. The molecule has 0 aromatic rings. The zero-order valence-corrected chi connectivity index (χ0v) is 9.08. The Morgan fingerprint density at radius 2 is 0.600 bits per heavy atom. The first kappa shape index (κ1) is 22.8. The monoisotopic (exact) mass is 376 g/mol. The van der Waals surface area contributed by atoms with Crippen molar-refractivity contribution in [1.29, 1.82) is 0 Å². The van der Waals surface area contributed by atoms with E-state index < -0.39 is 14.6 Å². The first-order valence-electron chi connectivity index (χ1n) is 1.41. The summed E-state index contributed by atoms with van der Waals surface area (Å²) in [6, 6.07) is 0. The van der Waals surface area contributed by atoms with Crippen molar-refractivity contribution in [3.8, 4) is 0 Å². The van der Waals surface area contributed by atoms with Crippen molar-refractivity contribution in [3.05, 3.63) is 0 Å². The fourth-order valence-corrected chi connectivity index (χ4v) is 0. The van der Waals surface area contributed by atoms with E-state index in [1.54, 1.807) is 0 Å². The molecular weight excluding hydrogens is 375 g/mol. The quantitative estimate of drug-likeness (QED) is 0.385. The van der Waals surface area contributed by atoms with Gasteiger partial charge in [0.05, 0.1) is 0 Å². The second-order valence-corrected chi connectivity index (χ2v) is 0.577. The first-order valence-corrected chi connectivity index (χ1v) is 1.41. The van der Waals surface area contributed by atoms with Crippen molar-refractivity contribution in [2.75, 3.05) is 0 Å². The molecule has 0 atom stereocenters. The van der Waals surface area contributed by atoms with Gasteiger partial charge in [0.2, 0.25) is 0 Å². The van der Waals surface area contributed by atoms with Crippen molar-refractivity contribution in [2.45, 2.75) is 0 Å². The fourth-order valence-electron chi connectivity index (χ4n) is 0. The summed E-state index contributed by atoms with van der Waals surface area (Å²) in [6.45, 7) is 0. The maximum atomic E-state index is 8.42. The Morgan fingerprint density at radius 3 is 0.600 bits per heavy atom. The molecule has 0 spiro atoms. The van der Waals surface area contributed by atoms with E-state index in [0.717, 1.165) is 0 Å². The molecule has 0 bridgehead atoms. The first-order chi connectivity index (χ1) is 3.46. The summed E-state index contributed by atoms with van der Waals surface area (Å²) in [5.41, 5.74) is 0. The van der Waals surface area contributed by atoms with E-state index in [-0.39, 0.29) is 69.6 Å². The predicted molar refractivity (Wildman–Crippen MR) is 11.5 cm³/mol. The van der Waals surface area contributed by atoms with Crippen LogP contribution in [-0.2, 0) is 32.7 Å². The summed E-state index contributed by atoms with van der Waals surface area (Å²) < 4.78 is 0. The van der Waals surface area contributed by atoms with Gasteiger partial charge in [-0.3, -0.25) is 14.6 Å². The van der Waals surface area contributed by atoms with Crippen LogP contribution < -0.4 is 30.1 Å². The molecule has 0 amide bonds. The SMILES string of the molecule is [O-]B([O-])[O-].[O-]B([O-])[O-].[Tm+3].[Y+3]. The molecule has 0 rings (SSSR count). The van der Waals surface area contributed by atoms with Crippen LogP contribution in [0.3, 0.4) is 0 Å². The van der Waals surface area contributed by atoms with Crippen LogP contribution >= 0.6 is 0 Å². The molecule has 0 aliphatic rings. The Balaban J connectivity index is -0.0000000300. The number of hydrogen-bond donors (Lipinski definition) is 0. The van der Waals surface area contributed by atoms with Crippen LogP contribution in [0.1, 0.15) is 0 Å². The molecule has 0 aromatic heterocycles. The molecule has 0 saturated carbocycles. The van der Waals surface area contributed by atoms with E-state index >= 15 is 0 Å². The van der Waals surface area contributed by atoms with E-state index in [4.69, 9.17) is 30.1 Å². The fraction of sp³-hybridized carbons (Fsp3) is 0. The predicted octanol–water partition coefficient (Wildman–Crippen LogP) is -7.90. The molecular formula is B2O6TmY. The topological polar surface area (TPSA) is 138 Å². The van der Waals surface area contributed by atoms with E-state index in [1.165, 1.54) is 0 Å². The van der Waals surface area contributed by atoms with E-state index in [2.05, 4.69) is 0 Å². The van der Waals surface area contributed by atoms with Gasteiger partial charge < -0.3 is 30.1 Å². The van der Waals surface area contributed by atoms with Gasteiger partial charge in [-0.1, -0.05) is 0 Å². The minimum Gasteiger partial charge on any atom is -0.907 e. The van der Waals surface area contributed by atoms with Crippen LogP contribution in [0.25, 0.3) is 0 Å². The van der Waals surface area contributed by atoms with Gasteiger partial charge in [0.25, 0.3) is 0 Å². The Hall–Kier alpha value is 2.23. The average Bonchev–Trinajstić information content (AvgIpc) is 1.25. The molecule has 10 heteroatoms. The summed E-state index contributed by atoms with van der Waals surface area (Å²) in [6.07, 6.45) is 0. The molecule has 0 aromatic carbocycles. The van der Waals surface area contributed by atoms with Gasteiger partial charge in [-0.05, 0) is 0 Å². The molecule has 0 heterocycles. The molecule has 10 heavy (non-hydrogen) atoms. The van der Waals surface area contributed by atoms with Crippen LogP contribution in [0, 0.1) is 36.9 Å². The largest absolute Gasteiger partial charge is 3.00 e. The molecule has 0 fully saturated rings. The minimum atomic E-state index is -2.92. The summed E-state index contributed by atoms with van der Waals surface area (Å²) in [4.78, 5) is 0. The van der Waals surface area contributed by atoms with Crippen LogP contribution in [0.4, 0.5) is 0 Å². The average molecular weight is 375 g/mol. The smallest absolute Gasteiger partial charge is 0.907 e. The standard InChI is InChI=1S/2BO3.Tm.Y/c2*2-1(3)4;;/q2*-3;2*+3. The zero-order chi connectivity index (χ0) is 7.15. The summed E-state index contributed by atoms with van der Waals surface area (Å²) in [5.74, 6) is 0. The summed E-state index contributed by atoms with van der Waals surface area (Å²) in [7, 11) is -5.83. The Labute approximate surface area is 113 Å². The van der Waals surface area contributed by atoms with Crippen LogP contribution in [0.2, 0.25) is 0 Å². The van der Waals surface area contributed by atoms with Crippen molar-refractivity contribution < 1.29 is 99.7 Å². The zero-order valence-electron chi connectivity index (χ0n) is 4.46. The Kier molecular flexibility index (Phi) is 39.5. The van der Waals surface area contributed by atoms with Gasteiger partial charge in [-0.15, -0.1) is 0 Å². The van der Waals surface area contributed by atoms with Crippen LogP contribution in [-0.4, -0.2) is 14.6 Å². The van der Waals surface area contributed by atoms with Gasteiger partial charge in [0, 0.05) is 0 Å². The maximum Gasteiger partial charge on any atom is 3.00 e. The third-order valence-electron chi connectivity index (χ3n) is 0. The Bertz CT molecular complexity index is 31.2. The molecule has 0 radical (unpaired) electrons. The normalized spacial score (nSPS) is 5.40. The van der Waals surface area contributed by atoms with Crippen molar-refractivity contribution >= 4 is 14.6 Å². The summed E-state index contributed by atoms with van der Waals surface area (Å²) >= 11 is 0. The van der Waals surface area contributed by atoms with Crippen LogP contribution in [0.5, 0.6) is 0 Å². The van der Waals surface area contributed by atoms with E-state index in [9.17, 15) is 0 Å². The second-order valence-electron chi connectivity index (χ2n) is 0.577. The number of rotatable bonds is 0. The molecule has 6 nitrogen and oxygen atoms in total. The van der Waals surface area contributed by atoms with Crippen molar-refractivity contribution in [1.82, 2.24) is 0 Å². The van der Waals surface area contributed by atoms with Crippen molar-refractivity contribution in [2.24, 2.45) is 0 Å². The van der Waals surface area contributed by atoms with Gasteiger partial charge in [-0.2, -0.15) is 0 Å². The molecule has 0 unspecified atom stereocenters. The number of hydrogen-bond acceptors (Lipinski definition) is 6. The molecule has 0 aliphatic heterocycles. The van der Waals surface area contributed by atoms with Gasteiger partial charge in [0.1, 0.15) is 0 Å². The minimum absolute atomic E-state index is 0. The molecule has 0 N–H and O–H groups in total. The molecule has 0 aliphatic carbocycles. The van der Waals surface area contributed by atoms with Gasteiger partial charge in [0.15, 0.2) is 0 Å². The molecule has 58 valence electrons. The van der Waals surface area contributed by atoms with Gasteiger partial charge >= 0.3 is 69.6 Å². The third-order valence-corrected chi connectivity index (χ3v) is 0. The van der Waals surface area contributed by atoms with Crippen LogP contribution in [0.15, 0.2) is 0 Å². The van der Waals surface area contributed by atoms with Crippen molar-refractivity contribution in [3.63, 3.8) is 0 Å².